The second-order valence-corrected chi connectivity index (χ2v) is 5.01. The molecule has 0 aliphatic carbocycles. The number of aromatic hydroxyl groups is 1. The molecule has 0 radical (unpaired) electrons. The number of nitrogens with one attached hydrogen (secondary N) is 1. The van der Waals surface area contributed by atoms with Crippen molar-refractivity contribution < 1.29 is 13.9 Å². The Labute approximate surface area is 126 Å². The monoisotopic (exact) mass is 309 g/mol. The third-order valence-electron chi connectivity index (χ3n) is 3.36. The number of hydrogen-bond donors (Lipinski definition) is 2. The molecule has 0 aliphatic heterocycles. The van der Waals surface area contributed by atoms with E-state index in [1.807, 2.05) is 13.8 Å². The summed E-state index contributed by atoms with van der Waals surface area (Å²) in [6.45, 7) is 4.24. The molecule has 0 aliphatic rings. The van der Waals surface area contributed by atoms with Crippen LogP contribution in [0.3, 0.4) is 0 Å². The van der Waals surface area contributed by atoms with Crippen LogP contribution in [0.25, 0.3) is 5.69 Å². The fraction of sp³-hybridized carbons (Fsp3) is 0.333. The highest BCUT2D eigenvalue weighted by Crippen LogP contribution is 2.14. The van der Waals surface area contributed by atoms with E-state index >= 15 is 0 Å². The molecule has 1 aromatic carbocycles. The molecule has 2 aromatic rings. The van der Waals surface area contributed by atoms with E-state index in [0.29, 0.717) is 0 Å². The van der Waals surface area contributed by atoms with Crippen molar-refractivity contribution in [3.63, 3.8) is 0 Å². The minimum absolute atomic E-state index is 0.0914. The lowest BCUT2D eigenvalue weighted by Crippen LogP contribution is -2.28. The third-order valence-corrected chi connectivity index (χ3v) is 3.36. The maximum atomic E-state index is 13.3. The summed E-state index contributed by atoms with van der Waals surface area (Å²) in [5, 5.41) is 17.0. The van der Waals surface area contributed by atoms with Crippen molar-refractivity contribution in [1.82, 2.24) is 15.1 Å². The molecule has 0 fully saturated rings. The largest absolute Gasteiger partial charge is 0.506 e. The molecule has 1 unspecified atom stereocenters. The highest BCUT2D eigenvalue weighted by Gasteiger charge is 2.12. The van der Waals surface area contributed by atoms with Crippen LogP contribution in [0.2, 0.25) is 0 Å². The molecule has 1 aromatic heterocycles. The quantitative estimate of drug-likeness (QED) is 0.887. The van der Waals surface area contributed by atoms with Crippen LogP contribution in [0.4, 0.5) is 8.78 Å². The van der Waals surface area contributed by atoms with E-state index in [9.17, 15) is 18.7 Å². The molecular weight excluding hydrogens is 292 g/mol. The van der Waals surface area contributed by atoms with Crippen molar-refractivity contribution in [2.24, 2.45) is 0 Å². The Morgan fingerprint density at radius 3 is 2.68 bits per heavy atom. The Balaban J connectivity index is 2.39. The molecule has 118 valence electrons. The molecule has 5 nitrogen and oxygen atoms in total. The first-order valence-electron chi connectivity index (χ1n) is 6.93. The van der Waals surface area contributed by atoms with Gasteiger partial charge in [-0.15, -0.1) is 0 Å². The Hall–Kier alpha value is -2.28. The third kappa shape index (κ3) is 3.48. The van der Waals surface area contributed by atoms with Gasteiger partial charge in [0.05, 0.1) is 5.69 Å². The van der Waals surface area contributed by atoms with Crippen LogP contribution < -0.4 is 10.9 Å². The van der Waals surface area contributed by atoms with Crippen molar-refractivity contribution in [3.8, 4) is 11.4 Å². The van der Waals surface area contributed by atoms with Gasteiger partial charge >= 0.3 is 0 Å². The highest BCUT2D eigenvalue weighted by atomic mass is 19.2. The summed E-state index contributed by atoms with van der Waals surface area (Å²) in [6, 6.07) is 4.26. The molecule has 0 spiro atoms. The Morgan fingerprint density at radius 2 is 2.05 bits per heavy atom. The molecule has 1 atom stereocenters. The number of rotatable bonds is 5. The van der Waals surface area contributed by atoms with Crippen LogP contribution in [-0.2, 0) is 6.54 Å². The van der Waals surface area contributed by atoms with Gasteiger partial charge in [-0.05, 0) is 25.5 Å². The smallest absolute Gasteiger partial charge is 0.275 e. The van der Waals surface area contributed by atoms with Crippen molar-refractivity contribution in [1.29, 1.82) is 0 Å². The summed E-state index contributed by atoms with van der Waals surface area (Å²) in [6.07, 6.45) is 0.892. The lowest BCUT2D eigenvalue weighted by atomic mass is 10.2. The predicted octanol–water partition coefficient (Wildman–Crippen LogP) is 2.10. The number of hydrogen-bond acceptors (Lipinski definition) is 4. The van der Waals surface area contributed by atoms with E-state index in [4.69, 9.17) is 0 Å². The van der Waals surface area contributed by atoms with Gasteiger partial charge in [0.2, 0.25) is 0 Å². The number of aromatic nitrogens is 2. The maximum Gasteiger partial charge on any atom is 0.275 e. The van der Waals surface area contributed by atoms with Crippen molar-refractivity contribution in [3.05, 3.63) is 51.9 Å². The first kappa shape index (κ1) is 16.1. The van der Waals surface area contributed by atoms with Crippen molar-refractivity contribution in [2.45, 2.75) is 32.9 Å². The zero-order valence-electron chi connectivity index (χ0n) is 12.3. The normalized spacial score (nSPS) is 12.4. The standard InChI is InChI=1S/C15H17F2N3O2/c1-3-9(2)18-8-13-14(21)7-15(22)20(19-13)10-4-5-11(16)12(17)6-10/h4-7,9,18,21H,3,8H2,1-2H3. The summed E-state index contributed by atoms with van der Waals surface area (Å²) in [4.78, 5) is 11.9. The number of benzene rings is 1. The van der Waals surface area contributed by atoms with Gasteiger partial charge in [-0.1, -0.05) is 6.92 Å². The summed E-state index contributed by atoms with van der Waals surface area (Å²) in [5.41, 5.74) is -0.283. The lowest BCUT2D eigenvalue weighted by Gasteiger charge is -2.13. The second kappa shape index (κ2) is 6.65. The van der Waals surface area contributed by atoms with Crippen LogP contribution in [0, 0.1) is 11.6 Å². The van der Waals surface area contributed by atoms with E-state index in [1.165, 1.54) is 6.07 Å². The van der Waals surface area contributed by atoms with Crippen molar-refractivity contribution in [2.75, 3.05) is 0 Å². The first-order valence-corrected chi connectivity index (χ1v) is 6.93. The molecular formula is C15H17F2N3O2. The van der Waals surface area contributed by atoms with Gasteiger partial charge in [-0.25, -0.2) is 8.78 Å². The molecule has 2 N–H and O–H groups in total. The van der Waals surface area contributed by atoms with Crippen LogP contribution >= 0.6 is 0 Å². The zero-order valence-corrected chi connectivity index (χ0v) is 12.3. The van der Waals surface area contributed by atoms with E-state index in [1.54, 1.807) is 0 Å². The van der Waals surface area contributed by atoms with Gasteiger partial charge in [0.25, 0.3) is 5.56 Å². The van der Waals surface area contributed by atoms with Gasteiger partial charge in [0.15, 0.2) is 11.6 Å². The lowest BCUT2D eigenvalue weighted by molar-refractivity contribution is 0.442. The fourth-order valence-corrected chi connectivity index (χ4v) is 1.83. The number of halogens is 2. The first-order chi connectivity index (χ1) is 10.4. The summed E-state index contributed by atoms with van der Waals surface area (Å²) < 4.78 is 27.2. The minimum Gasteiger partial charge on any atom is -0.506 e. The molecule has 0 saturated carbocycles. The topological polar surface area (TPSA) is 67.2 Å². The highest BCUT2D eigenvalue weighted by molar-refractivity contribution is 5.34. The van der Waals surface area contributed by atoms with Gasteiger partial charge < -0.3 is 10.4 Å². The molecule has 0 saturated heterocycles. The summed E-state index contributed by atoms with van der Waals surface area (Å²) in [7, 11) is 0. The number of nitrogens with zero attached hydrogens (tertiary/aromatic N) is 2. The Bertz CT molecular complexity index is 731. The average molecular weight is 309 g/mol. The molecule has 7 heteroatoms. The summed E-state index contributed by atoms with van der Waals surface area (Å²) >= 11 is 0. The van der Waals surface area contributed by atoms with Crippen molar-refractivity contribution >= 4 is 0 Å². The van der Waals surface area contributed by atoms with E-state index < -0.39 is 17.2 Å². The van der Waals surface area contributed by atoms with Crippen LogP contribution in [0.15, 0.2) is 29.1 Å². The minimum atomic E-state index is -1.07. The van der Waals surface area contributed by atoms with Gasteiger partial charge in [0, 0.05) is 24.7 Å². The van der Waals surface area contributed by atoms with Gasteiger partial charge in [-0.3, -0.25) is 4.79 Å². The van der Waals surface area contributed by atoms with Crippen LogP contribution in [0.1, 0.15) is 26.0 Å². The molecule has 2 rings (SSSR count). The average Bonchev–Trinajstić information content (AvgIpc) is 2.49. The van der Waals surface area contributed by atoms with E-state index in [2.05, 4.69) is 10.4 Å². The Morgan fingerprint density at radius 1 is 1.32 bits per heavy atom. The van der Waals surface area contributed by atoms with E-state index in [-0.39, 0.29) is 29.7 Å². The summed E-state index contributed by atoms with van der Waals surface area (Å²) in [5.74, 6) is -2.31. The molecule has 22 heavy (non-hydrogen) atoms. The second-order valence-electron chi connectivity index (χ2n) is 5.01. The fourth-order valence-electron chi connectivity index (χ4n) is 1.83. The maximum absolute atomic E-state index is 13.3. The predicted molar refractivity (Wildman–Crippen MR) is 78.0 cm³/mol. The molecule has 0 amide bonds. The van der Waals surface area contributed by atoms with Gasteiger partial charge in [0.1, 0.15) is 11.4 Å². The molecule has 0 bridgehead atoms. The van der Waals surface area contributed by atoms with Crippen LogP contribution in [0.5, 0.6) is 5.75 Å². The SMILES string of the molecule is CCC(C)NCc1nn(-c2ccc(F)c(F)c2)c(=O)cc1O. The zero-order chi connectivity index (χ0) is 16.3. The van der Waals surface area contributed by atoms with E-state index in [0.717, 1.165) is 29.3 Å². The molecule has 1 heterocycles. The van der Waals surface area contributed by atoms with Crippen LogP contribution in [-0.4, -0.2) is 20.9 Å². The van der Waals surface area contributed by atoms with Gasteiger partial charge in [-0.2, -0.15) is 9.78 Å². The Kier molecular flexibility index (Phi) is 4.87.